The van der Waals surface area contributed by atoms with Gasteiger partial charge in [0.1, 0.15) is 11.5 Å². The SMILES string of the molecule is CC[C@@]12CC(C(=O)OC)=C3Nc4ccccc4[C@@]34CCN([C@H](c3ccc5c(c3)[C@@]36CCN7CC=C[C@@]8(C[C@]3(C(=O)N5)C(=O)[C@H]8C)[C@H]76)[C@H]3O[C@H]31)[C@@H]24. The molecule has 9 nitrogen and oxygen atoms in total. The predicted molar refractivity (Wildman–Crippen MR) is 184 cm³/mol. The molecule has 3 aliphatic carbocycles. The van der Waals surface area contributed by atoms with Crippen LogP contribution >= 0.6 is 0 Å². The third kappa shape index (κ3) is 2.66. The van der Waals surface area contributed by atoms with Crippen molar-refractivity contribution >= 4 is 29.0 Å². The van der Waals surface area contributed by atoms with E-state index in [0.717, 1.165) is 67.1 Å². The molecule has 2 aromatic carbocycles. The first-order chi connectivity index (χ1) is 24.2. The predicted octanol–water partition coefficient (Wildman–Crippen LogP) is 4.60. The average Bonchev–Trinajstić information content (AvgIpc) is 3.38. The molecule has 0 unspecified atom stereocenters. The first-order valence-corrected chi connectivity index (χ1v) is 18.8. The highest BCUT2D eigenvalue weighted by Crippen LogP contribution is 2.78. The maximum absolute atomic E-state index is 14.5. The van der Waals surface area contributed by atoms with Crippen LogP contribution in [0.2, 0.25) is 0 Å². The molecule has 6 fully saturated rings. The Bertz CT molecular complexity index is 2090. The molecular weight excluding hydrogens is 628 g/mol. The minimum atomic E-state index is -1.04. The summed E-state index contributed by atoms with van der Waals surface area (Å²) in [5.74, 6) is -0.391. The quantitative estimate of drug-likeness (QED) is 0.212. The zero-order valence-electron chi connectivity index (χ0n) is 28.8. The molecule has 1 amide bonds. The van der Waals surface area contributed by atoms with Gasteiger partial charge in [0.05, 0.1) is 30.2 Å². The Labute approximate surface area is 291 Å². The van der Waals surface area contributed by atoms with E-state index >= 15 is 0 Å². The van der Waals surface area contributed by atoms with Crippen molar-refractivity contribution in [3.8, 4) is 0 Å². The van der Waals surface area contributed by atoms with Crippen LogP contribution < -0.4 is 10.6 Å². The number of epoxide rings is 1. The van der Waals surface area contributed by atoms with E-state index in [-0.39, 0.29) is 70.2 Å². The number of fused-ring (bicyclic) bond motifs is 4. The van der Waals surface area contributed by atoms with Crippen LogP contribution in [0.1, 0.15) is 68.7 Å². The Morgan fingerprint density at radius 2 is 1.88 bits per heavy atom. The van der Waals surface area contributed by atoms with Gasteiger partial charge in [-0.3, -0.25) is 19.4 Å². The first kappa shape index (κ1) is 28.9. The van der Waals surface area contributed by atoms with Crippen LogP contribution in [0.15, 0.2) is 65.9 Å². The normalized spacial score (nSPS) is 46.3. The van der Waals surface area contributed by atoms with Gasteiger partial charge in [-0.2, -0.15) is 0 Å². The average molecular weight is 671 g/mol. The fraction of sp³-hybridized carbons (Fsp3) is 0.537. The van der Waals surface area contributed by atoms with Gasteiger partial charge in [0.15, 0.2) is 5.78 Å². The number of anilines is 2. The standard InChI is InChI=1S/C41H42N4O5/c1-4-37-19-23(33(47)49-3)30-39(24-8-5-6-9-26(24)42-30)13-17-45(34(37)39)28(29-32(37)50-29)22-10-11-27-25(18-22)40-14-16-44-15-7-12-38(35(40)44)20-41(40,36(48)43-27)31(46)21(38)2/h5-12,18,21,28-29,32,34-35,42H,4,13-17,19-20H2,1-3H3,(H,43,48)/t21-,28-,29-,32-,34+,35+,37-,38+,39+,40-,41-/m1/s1. The summed E-state index contributed by atoms with van der Waals surface area (Å²) >= 11 is 0. The van der Waals surface area contributed by atoms with E-state index in [4.69, 9.17) is 9.47 Å². The number of hydrogen-bond donors (Lipinski definition) is 2. The first-order valence-electron chi connectivity index (χ1n) is 18.8. The van der Waals surface area contributed by atoms with Gasteiger partial charge >= 0.3 is 5.97 Å². The Morgan fingerprint density at radius 3 is 2.72 bits per heavy atom. The number of benzene rings is 2. The highest BCUT2D eigenvalue weighted by atomic mass is 16.6. The zero-order valence-corrected chi connectivity index (χ0v) is 28.8. The molecule has 2 aromatic rings. The largest absolute Gasteiger partial charge is 0.466 e. The Hall–Kier alpha value is -3.79. The number of carbonyl (C=O) groups excluding carboxylic acids is 3. The highest BCUT2D eigenvalue weighted by molar-refractivity contribution is 6.19. The van der Waals surface area contributed by atoms with Crippen molar-refractivity contribution in [1.82, 2.24) is 9.80 Å². The molecule has 7 heterocycles. The smallest absolute Gasteiger partial charge is 0.335 e. The van der Waals surface area contributed by atoms with E-state index in [9.17, 15) is 14.4 Å². The topological polar surface area (TPSA) is 104 Å². The lowest BCUT2D eigenvalue weighted by Gasteiger charge is -2.56. The van der Waals surface area contributed by atoms with Crippen molar-refractivity contribution in [2.45, 2.75) is 87.1 Å². The van der Waals surface area contributed by atoms with Crippen molar-refractivity contribution < 1.29 is 23.9 Å². The molecule has 0 aromatic heterocycles. The number of esters is 1. The van der Waals surface area contributed by atoms with E-state index in [1.54, 1.807) is 0 Å². The molecule has 4 saturated heterocycles. The molecule has 4 spiro atoms. The van der Waals surface area contributed by atoms with Crippen LogP contribution in [-0.2, 0) is 34.7 Å². The molecule has 256 valence electrons. The van der Waals surface area contributed by atoms with Gasteiger partial charge < -0.3 is 20.1 Å². The molecule has 50 heavy (non-hydrogen) atoms. The summed E-state index contributed by atoms with van der Waals surface area (Å²) in [4.78, 5) is 47.6. The summed E-state index contributed by atoms with van der Waals surface area (Å²) in [5, 5.41) is 7.03. The summed E-state index contributed by atoms with van der Waals surface area (Å²) in [6, 6.07) is 15.6. The number of piperidine rings is 1. The van der Waals surface area contributed by atoms with Crippen molar-refractivity contribution in [1.29, 1.82) is 0 Å². The second-order valence-electron chi connectivity index (χ2n) is 17.2. The van der Waals surface area contributed by atoms with Crippen molar-refractivity contribution in [3.05, 3.63) is 82.6 Å². The van der Waals surface area contributed by atoms with Gasteiger partial charge in [-0.05, 0) is 67.5 Å². The maximum atomic E-state index is 14.5. The second kappa shape index (κ2) is 8.63. The summed E-state index contributed by atoms with van der Waals surface area (Å²) in [6.45, 7) is 6.98. The molecule has 7 aliphatic heterocycles. The summed E-state index contributed by atoms with van der Waals surface area (Å²) < 4.78 is 12.3. The number of ketones is 1. The highest BCUT2D eigenvalue weighted by Gasteiger charge is 2.85. The fourth-order valence-electron chi connectivity index (χ4n) is 14.6. The van der Waals surface area contributed by atoms with E-state index < -0.39 is 10.8 Å². The molecule has 12 rings (SSSR count). The second-order valence-corrected chi connectivity index (χ2v) is 17.2. The molecular formula is C41H42N4O5. The van der Waals surface area contributed by atoms with E-state index in [2.05, 4.69) is 88.9 Å². The van der Waals surface area contributed by atoms with Gasteiger partial charge in [0.2, 0.25) is 5.91 Å². The number of rotatable bonds is 3. The lowest BCUT2D eigenvalue weighted by Crippen LogP contribution is -2.66. The number of amides is 1. The Kier molecular flexibility index (Phi) is 4.98. The summed E-state index contributed by atoms with van der Waals surface area (Å²) in [7, 11) is 1.49. The molecule has 0 radical (unpaired) electrons. The van der Waals surface area contributed by atoms with Gasteiger partial charge in [-0.25, -0.2) is 4.79 Å². The molecule has 2 bridgehead atoms. The zero-order chi connectivity index (χ0) is 33.7. The maximum Gasteiger partial charge on any atom is 0.335 e. The molecule has 11 atom stereocenters. The van der Waals surface area contributed by atoms with E-state index in [1.807, 2.05) is 0 Å². The van der Waals surface area contributed by atoms with Crippen LogP contribution in [0, 0.1) is 22.2 Å². The lowest BCUT2D eigenvalue weighted by molar-refractivity contribution is -0.147. The number of carbonyl (C=O) groups is 3. The van der Waals surface area contributed by atoms with Gasteiger partial charge in [0.25, 0.3) is 0 Å². The molecule has 2 saturated carbocycles. The van der Waals surface area contributed by atoms with Crippen LogP contribution in [0.25, 0.3) is 0 Å². The van der Waals surface area contributed by atoms with Crippen LogP contribution in [0.5, 0.6) is 0 Å². The van der Waals surface area contributed by atoms with Crippen LogP contribution in [0.3, 0.4) is 0 Å². The van der Waals surface area contributed by atoms with Crippen molar-refractivity contribution in [3.63, 3.8) is 0 Å². The van der Waals surface area contributed by atoms with Crippen molar-refractivity contribution in [2.24, 2.45) is 22.2 Å². The third-order valence-corrected chi connectivity index (χ3v) is 16.2. The number of ether oxygens (including phenoxy) is 2. The van der Waals surface area contributed by atoms with E-state index in [0.29, 0.717) is 12.8 Å². The van der Waals surface area contributed by atoms with Gasteiger partial charge in [-0.15, -0.1) is 0 Å². The molecule has 9 heteroatoms. The summed E-state index contributed by atoms with van der Waals surface area (Å²) in [6.07, 6.45) is 8.42. The number of Topliss-reactive ketones (excluding diaryl/α,β-unsaturated/α-hetero) is 1. The number of nitrogens with one attached hydrogen (secondary N) is 2. The third-order valence-electron chi connectivity index (χ3n) is 16.2. The van der Waals surface area contributed by atoms with Gasteiger partial charge in [0, 0.05) is 64.4 Å². The van der Waals surface area contributed by atoms with Crippen LogP contribution in [-0.4, -0.2) is 78.5 Å². The Balaban J connectivity index is 1.04. The fourth-order valence-corrected chi connectivity index (χ4v) is 14.6. The number of para-hydroxylation sites is 1. The Morgan fingerprint density at radius 1 is 1.04 bits per heavy atom. The molecule has 10 aliphatic rings. The monoisotopic (exact) mass is 670 g/mol. The number of methoxy groups -OCH3 is 1. The minimum Gasteiger partial charge on any atom is -0.466 e. The number of nitrogens with zero attached hydrogens (tertiary/aromatic N) is 2. The van der Waals surface area contributed by atoms with Crippen LogP contribution in [0.4, 0.5) is 11.4 Å². The van der Waals surface area contributed by atoms with E-state index in [1.165, 1.54) is 18.2 Å². The minimum absolute atomic E-state index is 0.000175. The molecule has 2 N–H and O–H groups in total. The summed E-state index contributed by atoms with van der Waals surface area (Å²) in [5.41, 5.74) is 4.86. The van der Waals surface area contributed by atoms with Crippen molar-refractivity contribution in [2.75, 3.05) is 37.4 Å². The van der Waals surface area contributed by atoms with Gasteiger partial charge in [-0.1, -0.05) is 56.3 Å². The number of hydrogen-bond acceptors (Lipinski definition) is 8. The lowest BCUT2D eigenvalue weighted by atomic mass is 9.51.